The van der Waals surface area contributed by atoms with Crippen LogP contribution in [0.15, 0.2) is 24.3 Å². The molecule has 1 aromatic rings. The van der Waals surface area contributed by atoms with Crippen LogP contribution in [0.5, 0.6) is 0 Å². The van der Waals surface area contributed by atoms with Crippen molar-refractivity contribution in [3.63, 3.8) is 0 Å². The minimum absolute atomic E-state index is 0.247. The molecule has 4 heteroatoms. The molecule has 1 amide bonds. The van der Waals surface area contributed by atoms with Crippen LogP contribution < -0.4 is 5.32 Å². The van der Waals surface area contributed by atoms with Gasteiger partial charge in [0.25, 0.3) is 0 Å². The molecule has 0 radical (unpaired) electrons. The average molecular weight is 261 g/mol. The molecule has 1 aliphatic carbocycles. The lowest BCUT2D eigenvalue weighted by Gasteiger charge is -2.37. The zero-order valence-corrected chi connectivity index (χ0v) is 11.4. The highest BCUT2D eigenvalue weighted by atomic mass is 16.5. The van der Waals surface area contributed by atoms with Crippen LogP contribution in [-0.2, 0) is 14.3 Å². The SMILES string of the molecule is CCOC(=O)C1(C(=O)Nc2cccc(C)c2)CCC1. The molecule has 0 bridgehead atoms. The molecule has 0 saturated heterocycles. The number of nitrogens with one attached hydrogen (secondary N) is 1. The maximum Gasteiger partial charge on any atom is 0.321 e. The van der Waals surface area contributed by atoms with Crippen molar-refractivity contribution in [3.05, 3.63) is 29.8 Å². The first-order valence-electron chi connectivity index (χ1n) is 6.64. The van der Waals surface area contributed by atoms with E-state index in [0.717, 1.165) is 17.7 Å². The first-order valence-corrected chi connectivity index (χ1v) is 6.64. The van der Waals surface area contributed by atoms with Gasteiger partial charge in [-0.05, 0) is 44.4 Å². The number of esters is 1. The summed E-state index contributed by atoms with van der Waals surface area (Å²) in [5.41, 5.74) is 0.817. The summed E-state index contributed by atoms with van der Waals surface area (Å²) in [6.07, 6.45) is 2.03. The van der Waals surface area contributed by atoms with Gasteiger partial charge in [-0.2, -0.15) is 0 Å². The molecular formula is C15H19NO3. The van der Waals surface area contributed by atoms with Crippen molar-refractivity contribution in [2.75, 3.05) is 11.9 Å². The summed E-state index contributed by atoms with van der Waals surface area (Å²) in [4.78, 5) is 24.3. The van der Waals surface area contributed by atoms with Gasteiger partial charge in [0.15, 0.2) is 0 Å². The van der Waals surface area contributed by atoms with Crippen molar-refractivity contribution in [1.29, 1.82) is 0 Å². The van der Waals surface area contributed by atoms with Gasteiger partial charge in [0, 0.05) is 5.69 Å². The number of rotatable bonds is 4. The summed E-state index contributed by atoms with van der Waals surface area (Å²) in [6, 6.07) is 7.54. The van der Waals surface area contributed by atoms with Gasteiger partial charge in [-0.25, -0.2) is 0 Å². The van der Waals surface area contributed by atoms with Crippen LogP contribution in [0.3, 0.4) is 0 Å². The lowest BCUT2D eigenvalue weighted by molar-refractivity contribution is -0.165. The van der Waals surface area contributed by atoms with E-state index in [1.165, 1.54) is 0 Å². The minimum atomic E-state index is -0.972. The number of ether oxygens (including phenoxy) is 1. The molecular weight excluding hydrogens is 242 g/mol. The van der Waals surface area contributed by atoms with Gasteiger partial charge in [0.1, 0.15) is 5.41 Å². The van der Waals surface area contributed by atoms with Crippen LogP contribution in [0.1, 0.15) is 31.7 Å². The summed E-state index contributed by atoms with van der Waals surface area (Å²) in [5.74, 6) is -0.644. The smallest absolute Gasteiger partial charge is 0.321 e. The summed E-state index contributed by atoms with van der Waals surface area (Å²) < 4.78 is 5.03. The molecule has 0 aromatic heterocycles. The second-order valence-corrected chi connectivity index (χ2v) is 4.98. The Bertz CT molecular complexity index is 492. The second-order valence-electron chi connectivity index (χ2n) is 4.98. The first-order chi connectivity index (χ1) is 9.08. The van der Waals surface area contributed by atoms with E-state index in [1.54, 1.807) is 6.92 Å². The Kier molecular flexibility index (Phi) is 3.88. The van der Waals surface area contributed by atoms with Crippen molar-refractivity contribution in [2.24, 2.45) is 5.41 Å². The summed E-state index contributed by atoms with van der Waals surface area (Å²) in [7, 11) is 0. The third-order valence-electron chi connectivity index (χ3n) is 3.58. The number of carbonyl (C=O) groups is 2. The fraction of sp³-hybridized carbons (Fsp3) is 0.467. The van der Waals surface area contributed by atoms with Gasteiger partial charge < -0.3 is 10.1 Å². The lowest BCUT2D eigenvalue weighted by Crippen LogP contribution is -2.49. The molecule has 0 aliphatic heterocycles. The zero-order valence-electron chi connectivity index (χ0n) is 11.4. The van der Waals surface area contributed by atoms with Crippen LogP contribution in [0, 0.1) is 12.3 Å². The summed E-state index contributed by atoms with van der Waals surface area (Å²) in [6.45, 7) is 4.02. The van der Waals surface area contributed by atoms with Crippen LogP contribution in [-0.4, -0.2) is 18.5 Å². The Balaban J connectivity index is 2.11. The largest absolute Gasteiger partial charge is 0.465 e. The standard InChI is InChI=1S/C15H19NO3/c1-3-19-14(18)15(8-5-9-15)13(17)16-12-7-4-6-11(2)10-12/h4,6-7,10H,3,5,8-9H2,1-2H3,(H,16,17). The third kappa shape index (κ3) is 2.62. The molecule has 0 heterocycles. The lowest BCUT2D eigenvalue weighted by atomic mass is 9.68. The number of carbonyl (C=O) groups excluding carboxylic acids is 2. The Morgan fingerprint density at radius 3 is 2.63 bits per heavy atom. The third-order valence-corrected chi connectivity index (χ3v) is 3.58. The molecule has 1 aromatic carbocycles. The highest BCUT2D eigenvalue weighted by Crippen LogP contribution is 2.43. The number of anilines is 1. The topological polar surface area (TPSA) is 55.4 Å². The van der Waals surface area contributed by atoms with Gasteiger partial charge in [-0.3, -0.25) is 9.59 Å². The van der Waals surface area contributed by atoms with Crippen molar-refractivity contribution in [1.82, 2.24) is 0 Å². The Hall–Kier alpha value is -1.84. The maximum absolute atomic E-state index is 12.3. The molecule has 4 nitrogen and oxygen atoms in total. The van der Waals surface area contributed by atoms with Crippen LogP contribution >= 0.6 is 0 Å². The fourth-order valence-corrected chi connectivity index (χ4v) is 2.30. The highest BCUT2D eigenvalue weighted by Gasteiger charge is 2.52. The van der Waals surface area contributed by atoms with Crippen molar-refractivity contribution in [3.8, 4) is 0 Å². The molecule has 1 saturated carbocycles. The van der Waals surface area contributed by atoms with E-state index in [4.69, 9.17) is 4.74 Å². The normalized spacial score (nSPS) is 16.3. The molecule has 1 N–H and O–H groups in total. The number of aryl methyl sites for hydroxylation is 1. The average Bonchev–Trinajstić information content (AvgIpc) is 2.27. The van der Waals surface area contributed by atoms with E-state index < -0.39 is 11.4 Å². The van der Waals surface area contributed by atoms with E-state index >= 15 is 0 Å². The van der Waals surface area contributed by atoms with Crippen LogP contribution in [0.25, 0.3) is 0 Å². The summed E-state index contributed by atoms with van der Waals surface area (Å²) >= 11 is 0. The molecule has 1 aliphatic rings. The Morgan fingerprint density at radius 1 is 1.37 bits per heavy atom. The van der Waals surface area contributed by atoms with Crippen molar-refractivity contribution in [2.45, 2.75) is 33.1 Å². The second kappa shape index (κ2) is 5.43. The quantitative estimate of drug-likeness (QED) is 0.669. The highest BCUT2D eigenvalue weighted by molar-refractivity contribution is 6.09. The van der Waals surface area contributed by atoms with Gasteiger partial charge in [0.05, 0.1) is 6.61 Å². The van der Waals surface area contributed by atoms with Crippen molar-refractivity contribution < 1.29 is 14.3 Å². The molecule has 2 rings (SSSR count). The van der Waals surface area contributed by atoms with E-state index in [2.05, 4.69) is 5.32 Å². The first kappa shape index (κ1) is 13.6. The van der Waals surface area contributed by atoms with Gasteiger partial charge in [-0.1, -0.05) is 18.6 Å². The minimum Gasteiger partial charge on any atom is -0.465 e. The number of amides is 1. The van der Waals surface area contributed by atoms with E-state index in [9.17, 15) is 9.59 Å². The molecule has 1 fully saturated rings. The monoisotopic (exact) mass is 261 g/mol. The fourth-order valence-electron chi connectivity index (χ4n) is 2.30. The van der Waals surface area contributed by atoms with Gasteiger partial charge in [0.2, 0.25) is 5.91 Å². The van der Waals surface area contributed by atoms with Crippen LogP contribution in [0.2, 0.25) is 0 Å². The number of hydrogen-bond acceptors (Lipinski definition) is 3. The van der Waals surface area contributed by atoms with Gasteiger partial charge in [-0.15, -0.1) is 0 Å². The molecule has 102 valence electrons. The van der Waals surface area contributed by atoms with Crippen molar-refractivity contribution >= 4 is 17.6 Å². The Labute approximate surface area is 113 Å². The summed E-state index contributed by atoms with van der Waals surface area (Å²) in [5, 5.41) is 2.83. The number of benzene rings is 1. The maximum atomic E-state index is 12.3. The molecule has 0 spiro atoms. The van der Waals surface area contributed by atoms with E-state index in [-0.39, 0.29) is 5.91 Å². The zero-order chi connectivity index (χ0) is 13.9. The Morgan fingerprint density at radius 2 is 2.11 bits per heavy atom. The van der Waals surface area contributed by atoms with E-state index in [0.29, 0.717) is 19.4 Å². The van der Waals surface area contributed by atoms with Crippen LogP contribution in [0.4, 0.5) is 5.69 Å². The molecule has 19 heavy (non-hydrogen) atoms. The predicted molar refractivity (Wildman–Crippen MR) is 72.7 cm³/mol. The number of hydrogen-bond donors (Lipinski definition) is 1. The van der Waals surface area contributed by atoms with E-state index in [1.807, 2.05) is 31.2 Å². The van der Waals surface area contributed by atoms with Gasteiger partial charge >= 0.3 is 5.97 Å². The molecule has 0 unspecified atom stereocenters. The molecule has 0 atom stereocenters. The predicted octanol–water partition coefficient (Wildman–Crippen LogP) is 2.67.